The van der Waals surface area contributed by atoms with E-state index in [9.17, 15) is 9.47 Å². The lowest BCUT2D eigenvalue weighted by Gasteiger charge is -2.29. The van der Waals surface area contributed by atoms with Crippen LogP contribution in [0.15, 0.2) is 35.1 Å². The van der Waals surface area contributed by atoms with Gasteiger partial charge in [0.2, 0.25) is 5.88 Å². The molecule has 33 heavy (non-hydrogen) atoms. The Kier molecular flexibility index (Phi) is 6.51. The molecular formula is C23H29N7O2S. The van der Waals surface area contributed by atoms with Gasteiger partial charge >= 0.3 is 0 Å². The zero-order valence-electron chi connectivity index (χ0n) is 19.4. The minimum absolute atomic E-state index is 0.0454. The Morgan fingerprint density at radius 1 is 1.21 bits per heavy atom. The average Bonchev–Trinajstić information content (AvgIpc) is 3.21. The predicted molar refractivity (Wildman–Crippen MR) is 129 cm³/mol. The van der Waals surface area contributed by atoms with Crippen LogP contribution in [0.25, 0.3) is 16.8 Å². The molecule has 0 bridgehead atoms. The highest BCUT2D eigenvalue weighted by Gasteiger charge is 2.22. The third-order valence-corrected chi connectivity index (χ3v) is 7.59. The van der Waals surface area contributed by atoms with E-state index in [0.717, 1.165) is 11.4 Å². The van der Waals surface area contributed by atoms with Gasteiger partial charge in [0.05, 0.1) is 34.8 Å². The second-order valence-corrected chi connectivity index (χ2v) is 11.5. The molecule has 9 nitrogen and oxygen atoms in total. The molecule has 10 heteroatoms. The number of fused-ring (bicyclic) bond motifs is 1. The molecule has 3 aromatic rings. The molecular weight excluding hydrogens is 438 g/mol. The van der Waals surface area contributed by atoms with Crippen LogP contribution < -0.4 is 9.64 Å². The molecule has 1 fully saturated rings. The van der Waals surface area contributed by atoms with Gasteiger partial charge in [-0.05, 0) is 31.9 Å². The summed E-state index contributed by atoms with van der Waals surface area (Å²) in [5.74, 6) is 2.78. The zero-order chi connectivity index (χ0) is 23.6. The molecule has 0 saturated carbocycles. The predicted octanol–water partition coefficient (Wildman–Crippen LogP) is 3.39. The fourth-order valence-corrected chi connectivity index (χ4v) is 5.69. The first-order chi connectivity index (χ1) is 15.8. The van der Waals surface area contributed by atoms with Gasteiger partial charge in [-0.3, -0.25) is 0 Å². The quantitative estimate of drug-likeness (QED) is 0.546. The Bertz CT molecular complexity index is 1280. The standard InChI is InChI=1S/C23H29N7O2S/c1-16(2)12-27-33(31)9-7-29(8-10-33)20-6-5-18(13-25-20)22-23-19(11-24)14-26-30(23)15-21(28-22)32-17(3)4/h5-6,13-17H,7-10,12H2,1-4H3. The zero-order valence-corrected chi connectivity index (χ0v) is 20.2. The number of rotatable bonds is 6. The minimum atomic E-state index is -2.13. The molecule has 0 spiro atoms. The summed E-state index contributed by atoms with van der Waals surface area (Å²) in [7, 11) is -2.13. The SMILES string of the molecule is CC(C)CN=S1(=O)CCN(c2ccc(-c3nc(OC(C)C)cn4ncc(C#N)c34)cn2)CC1. The molecule has 0 aromatic carbocycles. The van der Waals surface area contributed by atoms with E-state index in [0.29, 0.717) is 59.7 Å². The Morgan fingerprint density at radius 3 is 2.58 bits per heavy atom. The molecule has 4 heterocycles. The van der Waals surface area contributed by atoms with Crippen molar-refractivity contribution in [3.63, 3.8) is 0 Å². The summed E-state index contributed by atoms with van der Waals surface area (Å²) in [5, 5.41) is 13.8. The summed E-state index contributed by atoms with van der Waals surface area (Å²) in [5.41, 5.74) is 2.42. The van der Waals surface area contributed by atoms with Crippen LogP contribution in [0.3, 0.4) is 0 Å². The van der Waals surface area contributed by atoms with E-state index >= 15 is 0 Å². The maximum absolute atomic E-state index is 12.9. The topological polar surface area (TPSA) is 109 Å². The Hall–Kier alpha value is -3.19. The van der Waals surface area contributed by atoms with Crippen LogP contribution in [0.4, 0.5) is 5.82 Å². The fourth-order valence-electron chi connectivity index (χ4n) is 3.65. The van der Waals surface area contributed by atoms with Crippen molar-refractivity contribution >= 4 is 21.1 Å². The van der Waals surface area contributed by atoms with Crippen molar-refractivity contribution in [2.24, 2.45) is 10.3 Å². The molecule has 0 aliphatic carbocycles. The number of anilines is 1. The first kappa shape index (κ1) is 23.0. The summed E-state index contributed by atoms with van der Waals surface area (Å²) in [6.45, 7) is 10.00. The maximum atomic E-state index is 12.9. The van der Waals surface area contributed by atoms with Crippen LogP contribution in [0.5, 0.6) is 5.88 Å². The first-order valence-electron chi connectivity index (χ1n) is 11.1. The van der Waals surface area contributed by atoms with Crippen molar-refractivity contribution < 1.29 is 8.95 Å². The summed E-state index contributed by atoms with van der Waals surface area (Å²) >= 11 is 0. The van der Waals surface area contributed by atoms with Gasteiger partial charge in [0.15, 0.2) is 0 Å². The van der Waals surface area contributed by atoms with E-state index in [1.54, 1.807) is 16.9 Å². The lowest BCUT2D eigenvalue weighted by Crippen LogP contribution is -2.40. The molecule has 1 aliphatic heterocycles. The number of hydrogen-bond acceptors (Lipinski definition) is 8. The molecule has 1 saturated heterocycles. The summed E-state index contributed by atoms with van der Waals surface area (Å²) < 4.78 is 24.8. The highest BCUT2D eigenvalue weighted by molar-refractivity contribution is 7.93. The van der Waals surface area contributed by atoms with Gasteiger partial charge in [-0.1, -0.05) is 13.8 Å². The Morgan fingerprint density at radius 2 is 1.97 bits per heavy atom. The van der Waals surface area contributed by atoms with Gasteiger partial charge in [-0.15, -0.1) is 0 Å². The van der Waals surface area contributed by atoms with Crippen LogP contribution in [-0.4, -0.2) is 61.0 Å². The highest BCUT2D eigenvalue weighted by atomic mass is 32.2. The highest BCUT2D eigenvalue weighted by Crippen LogP contribution is 2.29. The van der Waals surface area contributed by atoms with Gasteiger partial charge in [0.25, 0.3) is 0 Å². The van der Waals surface area contributed by atoms with Crippen molar-refractivity contribution in [3.05, 3.63) is 36.3 Å². The second kappa shape index (κ2) is 9.35. The van der Waals surface area contributed by atoms with Crippen molar-refractivity contribution in [3.8, 4) is 23.2 Å². The molecule has 4 rings (SSSR count). The van der Waals surface area contributed by atoms with E-state index in [1.165, 1.54) is 6.20 Å². The molecule has 0 amide bonds. The second-order valence-electron chi connectivity index (χ2n) is 8.84. The Labute approximate surface area is 194 Å². The maximum Gasteiger partial charge on any atom is 0.233 e. The van der Waals surface area contributed by atoms with Crippen LogP contribution in [0.1, 0.15) is 33.3 Å². The van der Waals surface area contributed by atoms with Crippen molar-refractivity contribution in [1.29, 1.82) is 5.26 Å². The largest absolute Gasteiger partial charge is 0.474 e. The number of pyridine rings is 1. The molecule has 0 unspecified atom stereocenters. The van der Waals surface area contributed by atoms with E-state index < -0.39 is 9.73 Å². The normalized spacial score (nSPS) is 15.7. The van der Waals surface area contributed by atoms with E-state index in [2.05, 4.69) is 44.2 Å². The van der Waals surface area contributed by atoms with Crippen LogP contribution in [-0.2, 0) is 9.73 Å². The van der Waals surface area contributed by atoms with E-state index in [-0.39, 0.29) is 6.10 Å². The van der Waals surface area contributed by atoms with E-state index in [4.69, 9.17) is 4.74 Å². The van der Waals surface area contributed by atoms with Gasteiger partial charge in [-0.25, -0.2) is 23.1 Å². The first-order valence-corrected chi connectivity index (χ1v) is 13.0. The van der Waals surface area contributed by atoms with Gasteiger partial charge in [0, 0.05) is 36.4 Å². The molecule has 0 radical (unpaired) electrons. The number of nitriles is 1. The molecule has 0 atom stereocenters. The van der Waals surface area contributed by atoms with Crippen LogP contribution in [0, 0.1) is 17.2 Å². The van der Waals surface area contributed by atoms with Crippen molar-refractivity contribution in [1.82, 2.24) is 19.6 Å². The van der Waals surface area contributed by atoms with Crippen molar-refractivity contribution in [2.75, 3.05) is 36.0 Å². The minimum Gasteiger partial charge on any atom is -0.474 e. The van der Waals surface area contributed by atoms with Gasteiger partial charge < -0.3 is 9.64 Å². The molecule has 174 valence electrons. The molecule has 1 aliphatic rings. The summed E-state index contributed by atoms with van der Waals surface area (Å²) in [6.07, 6.45) is 4.91. The molecule has 3 aromatic heterocycles. The molecule has 0 N–H and O–H groups in total. The third kappa shape index (κ3) is 5.09. The lowest BCUT2D eigenvalue weighted by molar-refractivity contribution is 0.231. The lowest BCUT2D eigenvalue weighted by atomic mass is 10.1. The number of hydrogen-bond donors (Lipinski definition) is 0. The third-order valence-electron chi connectivity index (χ3n) is 5.33. The smallest absolute Gasteiger partial charge is 0.233 e. The Balaban J connectivity index is 1.60. The number of ether oxygens (including phenoxy) is 1. The fraction of sp³-hybridized carbons (Fsp3) is 0.478. The summed E-state index contributed by atoms with van der Waals surface area (Å²) in [4.78, 5) is 11.4. The van der Waals surface area contributed by atoms with Crippen molar-refractivity contribution in [2.45, 2.75) is 33.8 Å². The summed E-state index contributed by atoms with van der Waals surface area (Å²) in [6, 6.07) is 6.05. The number of nitrogens with zero attached hydrogens (tertiary/aromatic N) is 7. The monoisotopic (exact) mass is 467 g/mol. The van der Waals surface area contributed by atoms with Crippen LogP contribution >= 0.6 is 0 Å². The number of aromatic nitrogens is 4. The van der Waals surface area contributed by atoms with Gasteiger partial charge in [0.1, 0.15) is 28.7 Å². The van der Waals surface area contributed by atoms with Crippen LogP contribution in [0.2, 0.25) is 0 Å². The van der Waals surface area contributed by atoms with Gasteiger partial charge in [-0.2, -0.15) is 10.4 Å². The van der Waals surface area contributed by atoms with E-state index in [1.807, 2.05) is 26.0 Å². The average molecular weight is 468 g/mol.